The number of nitrogen functional groups attached to an aromatic ring is 1. The van der Waals surface area contributed by atoms with Crippen molar-refractivity contribution < 1.29 is 4.79 Å². The predicted molar refractivity (Wildman–Crippen MR) is 50.0 cm³/mol. The average Bonchev–Trinajstić information content (AvgIpc) is 2.43. The average molecular weight is 180 g/mol. The van der Waals surface area contributed by atoms with Crippen LogP contribution in [0.2, 0.25) is 0 Å². The predicted octanol–water partition coefficient (Wildman–Crippen LogP) is 0.140. The molecule has 5 nitrogen and oxygen atoms in total. The molecule has 1 rings (SSSR count). The molecule has 5 heteroatoms. The molecule has 0 radical (unpaired) electrons. The summed E-state index contributed by atoms with van der Waals surface area (Å²) in [5.41, 5.74) is 11.0. The lowest BCUT2D eigenvalue weighted by Gasteiger charge is -1.94. The molecule has 0 bridgehead atoms. The van der Waals surface area contributed by atoms with Crippen molar-refractivity contribution in [2.75, 3.05) is 5.73 Å². The lowest BCUT2D eigenvalue weighted by molar-refractivity contribution is 0.0995. The SMILES string of the molecule is C=CCCn1cc(N)c(C(N)=O)n1. The molecule has 1 heterocycles. The molecule has 0 aliphatic carbocycles. The topological polar surface area (TPSA) is 86.9 Å². The summed E-state index contributed by atoms with van der Waals surface area (Å²) in [4.78, 5) is 10.8. The van der Waals surface area contributed by atoms with Crippen molar-refractivity contribution in [1.82, 2.24) is 9.78 Å². The molecule has 0 aliphatic rings. The van der Waals surface area contributed by atoms with E-state index in [-0.39, 0.29) is 5.69 Å². The van der Waals surface area contributed by atoms with Crippen molar-refractivity contribution in [3.05, 3.63) is 24.5 Å². The van der Waals surface area contributed by atoms with Crippen LogP contribution >= 0.6 is 0 Å². The summed E-state index contributed by atoms with van der Waals surface area (Å²) >= 11 is 0. The molecule has 1 aromatic heterocycles. The molecule has 13 heavy (non-hydrogen) atoms. The van der Waals surface area contributed by atoms with Crippen LogP contribution in [0, 0.1) is 0 Å². The molecule has 0 fully saturated rings. The molecule has 0 saturated heterocycles. The summed E-state index contributed by atoms with van der Waals surface area (Å²) in [5.74, 6) is -0.602. The minimum atomic E-state index is -0.602. The molecule has 0 unspecified atom stereocenters. The highest BCUT2D eigenvalue weighted by Gasteiger charge is 2.10. The molecule has 0 aromatic carbocycles. The number of carbonyl (C=O) groups is 1. The van der Waals surface area contributed by atoms with Gasteiger partial charge in [0.2, 0.25) is 0 Å². The van der Waals surface area contributed by atoms with Gasteiger partial charge in [-0.15, -0.1) is 6.58 Å². The van der Waals surface area contributed by atoms with Crippen molar-refractivity contribution in [1.29, 1.82) is 0 Å². The number of aromatic nitrogens is 2. The molecule has 70 valence electrons. The van der Waals surface area contributed by atoms with Gasteiger partial charge in [-0.05, 0) is 6.42 Å². The Kier molecular flexibility index (Phi) is 2.69. The molecule has 0 aliphatic heterocycles. The molecule has 0 atom stereocenters. The van der Waals surface area contributed by atoms with Gasteiger partial charge < -0.3 is 11.5 Å². The Hall–Kier alpha value is -1.78. The Morgan fingerprint density at radius 2 is 2.46 bits per heavy atom. The number of aryl methyl sites for hydroxylation is 1. The van der Waals surface area contributed by atoms with Gasteiger partial charge >= 0.3 is 0 Å². The maximum atomic E-state index is 10.8. The van der Waals surface area contributed by atoms with Gasteiger partial charge in [0.1, 0.15) is 0 Å². The van der Waals surface area contributed by atoms with Crippen LogP contribution in [0.15, 0.2) is 18.9 Å². The number of allylic oxidation sites excluding steroid dienone is 1. The first-order valence-electron chi connectivity index (χ1n) is 3.88. The second kappa shape index (κ2) is 3.75. The second-order valence-corrected chi connectivity index (χ2v) is 2.64. The van der Waals surface area contributed by atoms with Gasteiger partial charge in [0.25, 0.3) is 5.91 Å². The minimum Gasteiger partial charge on any atom is -0.396 e. The molecular weight excluding hydrogens is 168 g/mol. The maximum Gasteiger partial charge on any atom is 0.271 e. The third-order valence-electron chi connectivity index (χ3n) is 1.59. The van der Waals surface area contributed by atoms with E-state index in [4.69, 9.17) is 11.5 Å². The van der Waals surface area contributed by atoms with E-state index in [1.54, 1.807) is 17.0 Å². The number of rotatable bonds is 4. The van der Waals surface area contributed by atoms with Crippen molar-refractivity contribution in [2.45, 2.75) is 13.0 Å². The van der Waals surface area contributed by atoms with E-state index in [1.165, 1.54) is 0 Å². The normalized spacial score (nSPS) is 9.85. The largest absolute Gasteiger partial charge is 0.396 e. The van der Waals surface area contributed by atoms with Crippen molar-refractivity contribution in [3.63, 3.8) is 0 Å². The van der Waals surface area contributed by atoms with E-state index in [1.807, 2.05) is 0 Å². The van der Waals surface area contributed by atoms with Gasteiger partial charge in [-0.3, -0.25) is 9.48 Å². The molecule has 4 N–H and O–H groups in total. The van der Waals surface area contributed by atoms with Crippen LogP contribution < -0.4 is 11.5 Å². The smallest absolute Gasteiger partial charge is 0.271 e. The Morgan fingerprint density at radius 3 is 2.92 bits per heavy atom. The molecular formula is C8H12N4O. The summed E-state index contributed by atoms with van der Waals surface area (Å²) < 4.78 is 1.58. The Bertz CT molecular complexity index is 329. The highest BCUT2D eigenvalue weighted by molar-refractivity contribution is 5.95. The second-order valence-electron chi connectivity index (χ2n) is 2.64. The van der Waals surface area contributed by atoms with Gasteiger partial charge in [-0.2, -0.15) is 5.10 Å². The van der Waals surface area contributed by atoms with E-state index in [2.05, 4.69) is 11.7 Å². The first-order chi connectivity index (χ1) is 6.15. The summed E-state index contributed by atoms with van der Waals surface area (Å²) in [7, 11) is 0. The monoisotopic (exact) mass is 180 g/mol. The number of amides is 1. The van der Waals surface area contributed by atoms with Crippen molar-refractivity contribution in [2.24, 2.45) is 5.73 Å². The lowest BCUT2D eigenvalue weighted by Crippen LogP contribution is -2.14. The van der Waals surface area contributed by atoms with Crippen LogP contribution in [-0.4, -0.2) is 15.7 Å². The van der Waals surface area contributed by atoms with Crippen LogP contribution in [-0.2, 0) is 6.54 Å². The first-order valence-corrected chi connectivity index (χ1v) is 3.88. The lowest BCUT2D eigenvalue weighted by atomic mass is 10.4. The summed E-state index contributed by atoms with van der Waals surface area (Å²) in [6.07, 6.45) is 4.13. The fourth-order valence-corrected chi connectivity index (χ4v) is 0.966. The molecule has 0 spiro atoms. The van der Waals surface area contributed by atoms with Crippen molar-refractivity contribution in [3.8, 4) is 0 Å². The number of hydrogen-bond acceptors (Lipinski definition) is 3. The maximum absolute atomic E-state index is 10.8. The minimum absolute atomic E-state index is 0.129. The Morgan fingerprint density at radius 1 is 1.77 bits per heavy atom. The number of anilines is 1. The van der Waals surface area contributed by atoms with Crippen LogP contribution in [0.5, 0.6) is 0 Å². The number of primary amides is 1. The van der Waals surface area contributed by atoms with Crippen LogP contribution in [0.4, 0.5) is 5.69 Å². The first kappa shape index (κ1) is 9.31. The van der Waals surface area contributed by atoms with Gasteiger partial charge in [0, 0.05) is 12.7 Å². The van der Waals surface area contributed by atoms with Crippen LogP contribution in [0.3, 0.4) is 0 Å². The Labute approximate surface area is 76.0 Å². The third-order valence-corrected chi connectivity index (χ3v) is 1.59. The van der Waals surface area contributed by atoms with Gasteiger partial charge in [-0.1, -0.05) is 6.08 Å². The van der Waals surface area contributed by atoms with Gasteiger partial charge in [-0.25, -0.2) is 0 Å². The quantitative estimate of drug-likeness (QED) is 0.646. The van der Waals surface area contributed by atoms with Crippen LogP contribution in [0.25, 0.3) is 0 Å². The van der Waals surface area contributed by atoms with E-state index in [0.717, 1.165) is 6.42 Å². The highest BCUT2D eigenvalue weighted by atomic mass is 16.1. The molecule has 0 saturated carbocycles. The summed E-state index contributed by atoms with van der Waals surface area (Å²) in [6.45, 7) is 4.23. The number of nitrogens with zero attached hydrogens (tertiary/aromatic N) is 2. The number of carbonyl (C=O) groups excluding carboxylic acids is 1. The molecule has 1 aromatic rings. The van der Waals surface area contributed by atoms with Crippen LogP contribution in [0.1, 0.15) is 16.9 Å². The zero-order chi connectivity index (χ0) is 9.84. The third kappa shape index (κ3) is 2.08. The highest BCUT2D eigenvalue weighted by Crippen LogP contribution is 2.08. The number of hydrogen-bond donors (Lipinski definition) is 2. The zero-order valence-electron chi connectivity index (χ0n) is 7.23. The summed E-state index contributed by atoms with van der Waals surface area (Å²) in [6, 6.07) is 0. The van der Waals surface area contributed by atoms with Gasteiger partial charge in [0.15, 0.2) is 5.69 Å². The zero-order valence-corrected chi connectivity index (χ0v) is 7.23. The summed E-state index contributed by atoms with van der Waals surface area (Å²) in [5, 5.41) is 3.92. The van der Waals surface area contributed by atoms with Crippen molar-refractivity contribution >= 4 is 11.6 Å². The number of nitrogens with two attached hydrogens (primary N) is 2. The fourth-order valence-electron chi connectivity index (χ4n) is 0.966. The van der Waals surface area contributed by atoms with E-state index < -0.39 is 5.91 Å². The Balaban J connectivity index is 2.82. The van der Waals surface area contributed by atoms with E-state index in [0.29, 0.717) is 12.2 Å². The van der Waals surface area contributed by atoms with E-state index >= 15 is 0 Å². The van der Waals surface area contributed by atoms with Gasteiger partial charge in [0.05, 0.1) is 5.69 Å². The molecule has 1 amide bonds. The standard InChI is InChI=1S/C8H12N4O/c1-2-3-4-12-5-6(9)7(11-12)8(10)13/h2,5H,1,3-4,9H2,(H2,10,13). The van der Waals surface area contributed by atoms with E-state index in [9.17, 15) is 4.79 Å². The fraction of sp³-hybridized carbons (Fsp3) is 0.250.